The van der Waals surface area contributed by atoms with E-state index in [1.54, 1.807) is 6.08 Å². The van der Waals surface area contributed by atoms with E-state index in [0.29, 0.717) is 6.42 Å². The van der Waals surface area contributed by atoms with Gasteiger partial charge in [-0.2, -0.15) is 0 Å². The Labute approximate surface area is 419 Å². The second-order valence-corrected chi connectivity index (χ2v) is 20.0. The number of amides is 1. The van der Waals surface area contributed by atoms with Gasteiger partial charge >= 0.3 is 0 Å². The average Bonchev–Trinajstić information content (AvgIpc) is 3.33. The average molecular weight is 935 g/mol. The Morgan fingerprint density at radius 1 is 0.373 bits per heavy atom. The zero-order valence-corrected chi connectivity index (χ0v) is 44.9. The van der Waals surface area contributed by atoms with Gasteiger partial charge < -0.3 is 15.5 Å². The molecule has 3 N–H and O–H groups in total. The molecule has 0 aromatic heterocycles. The van der Waals surface area contributed by atoms with Crippen LogP contribution in [0, 0.1) is 0 Å². The molecule has 2 unspecified atom stereocenters. The fourth-order valence-corrected chi connectivity index (χ4v) is 8.97. The second-order valence-electron chi connectivity index (χ2n) is 20.0. The minimum Gasteiger partial charge on any atom is -0.394 e. The lowest BCUT2D eigenvalue weighted by Crippen LogP contribution is -2.45. The monoisotopic (exact) mass is 934 g/mol. The van der Waals surface area contributed by atoms with Crippen molar-refractivity contribution in [3.63, 3.8) is 0 Å². The number of carbonyl (C=O) groups excluding carboxylic acids is 1. The number of hydrogen-bond acceptors (Lipinski definition) is 3. The van der Waals surface area contributed by atoms with Crippen LogP contribution in [0.2, 0.25) is 0 Å². The number of allylic oxidation sites excluding steroid dienone is 11. The number of rotatable bonds is 54. The first-order valence-electron chi connectivity index (χ1n) is 29.7. The van der Waals surface area contributed by atoms with Gasteiger partial charge in [0.15, 0.2) is 0 Å². The summed E-state index contributed by atoms with van der Waals surface area (Å²) in [7, 11) is 0. The molecule has 0 heterocycles. The fourth-order valence-electron chi connectivity index (χ4n) is 8.97. The van der Waals surface area contributed by atoms with Crippen molar-refractivity contribution in [2.24, 2.45) is 0 Å². The lowest BCUT2D eigenvalue weighted by atomic mass is 10.0. The maximum absolute atomic E-state index is 12.5. The normalized spacial score (nSPS) is 13.3. The van der Waals surface area contributed by atoms with E-state index in [2.05, 4.69) is 79.9 Å². The van der Waals surface area contributed by atoms with Crippen LogP contribution in [-0.4, -0.2) is 34.9 Å². The molecule has 0 aliphatic carbocycles. The van der Waals surface area contributed by atoms with Gasteiger partial charge in [0.25, 0.3) is 0 Å². The maximum atomic E-state index is 12.5. The van der Waals surface area contributed by atoms with Gasteiger partial charge in [0, 0.05) is 6.42 Å². The third-order valence-corrected chi connectivity index (χ3v) is 13.4. The first kappa shape index (κ1) is 64.8. The standard InChI is InChI=1S/C63H115NO3/c1-3-5-7-9-11-13-15-17-19-21-23-25-27-29-31-33-34-36-38-40-42-44-46-48-50-52-54-56-58-62(66)61(60-65)64-63(67)59-57-55-53-51-49-47-45-43-41-39-37-35-32-30-28-26-24-22-20-18-16-14-12-10-8-6-4-2/h6,8,12,14,18,20,24,26,30,32,56,58,61-62,65-66H,3-5,7,9-11,13,15-17,19,21-23,25,27-29,31,33-55,57,59-60H2,1-2H3,(H,64,67)/b8-6-,14-12-,20-18-,26-24-,32-30-,58-56+. The van der Waals surface area contributed by atoms with E-state index in [0.717, 1.165) is 57.8 Å². The van der Waals surface area contributed by atoms with E-state index in [9.17, 15) is 15.0 Å². The van der Waals surface area contributed by atoms with Gasteiger partial charge in [0.2, 0.25) is 5.91 Å². The molecular weight excluding hydrogens is 819 g/mol. The van der Waals surface area contributed by atoms with Gasteiger partial charge in [-0.25, -0.2) is 0 Å². The topological polar surface area (TPSA) is 69.6 Å². The zero-order chi connectivity index (χ0) is 48.5. The van der Waals surface area contributed by atoms with Gasteiger partial charge in [-0.15, -0.1) is 0 Å². The van der Waals surface area contributed by atoms with Gasteiger partial charge in [0.1, 0.15) is 0 Å². The minimum atomic E-state index is -0.845. The molecule has 0 aromatic carbocycles. The Bertz CT molecular complexity index is 1150. The van der Waals surface area contributed by atoms with Gasteiger partial charge in [0.05, 0.1) is 18.8 Å². The third kappa shape index (κ3) is 54.6. The van der Waals surface area contributed by atoms with Crippen molar-refractivity contribution in [3.05, 3.63) is 72.9 Å². The summed E-state index contributed by atoms with van der Waals surface area (Å²) in [6.07, 6.45) is 83.6. The highest BCUT2D eigenvalue weighted by molar-refractivity contribution is 5.76. The highest BCUT2D eigenvalue weighted by atomic mass is 16.3. The predicted molar refractivity (Wildman–Crippen MR) is 299 cm³/mol. The van der Waals surface area contributed by atoms with Crippen LogP contribution in [0.25, 0.3) is 0 Å². The minimum absolute atomic E-state index is 0.0664. The molecule has 4 nitrogen and oxygen atoms in total. The van der Waals surface area contributed by atoms with Gasteiger partial charge in [-0.3, -0.25) is 4.79 Å². The van der Waals surface area contributed by atoms with Crippen LogP contribution in [0.5, 0.6) is 0 Å². The molecule has 0 rings (SSSR count). The van der Waals surface area contributed by atoms with E-state index < -0.39 is 12.1 Å². The van der Waals surface area contributed by atoms with E-state index >= 15 is 0 Å². The van der Waals surface area contributed by atoms with E-state index in [-0.39, 0.29) is 12.5 Å². The van der Waals surface area contributed by atoms with Crippen LogP contribution in [0.4, 0.5) is 0 Å². The quantitative estimate of drug-likeness (QED) is 0.0420. The van der Waals surface area contributed by atoms with E-state index in [1.807, 2.05) is 6.08 Å². The Kier molecular flexibility index (Phi) is 56.3. The van der Waals surface area contributed by atoms with Crippen molar-refractivity contribution in [1.29, 1.82) is 0 Å². The molecule has 2 atom stereocenters. The molecule has 0 spiro atoms. The van der Waals surface area contributed by atoms with Gasteiger partial charge in [-0.05, 0) is 64.2 Å². The lowest BCUT2D eigenvalue weighted by molar-refractivity contribution is -0.123. The van der Waals surface area contributed by atoms with Gasteiger partial charge in [-0.1, -0.05) is 305 Å². The second kappa shape index (κ2) is 58.1. The van der Waals surface area contributed by atoms with Crippen molar-refractivity contribution in [2.75, 3.05) is 6.61 Å². The number of aliphatic hydroxyl groups is 2. The summed E-state index contributed by atoms with van der Waals surface area (Å²) in [5.74, 6) is -0.0664. The molecule has 0 aliphatic rings. The summed E-state index contributed by atoms with van der Waals surface area (Å²) in [5, 5.41) is 23.2. The summed E-state index contributed by atoms with van der Waals surface area (Å²) >= 11 is 0. The van der Waals surface area contributed by atoms with E-state index in [1.165, 1.54) is 225 Å². The van der Waals surface area contributed by atoms with Crippen LogP contribution < -0.4 is 5.32 Å². The van der Waals surface area contributed by atoms with Crippen molar-refractivity contribution >= 4 is 5.91 Å². The molecule has 0 aromatic rings. The first-order chi connectivity index (χ1) is 33.2. The maximum Gasteiger partial charge on any atom is 0.220 e. The first-order valence-corrected chi connectivity index (χ1v) is 29.7. The summed E-state index contributed by atoms with van der Waals surface area (Å²) in [6.45, 7) is 4.22. The molecule has 0 radical (unpaired) electrons. The van der Waals surface area contributed by atoms with Crippen LogP contribution >= 0.6 is 0 Å². The predicted octanol–water partition coefficient (Wildman–Crippen LogP) is 19.8. The Morgan fingerprint density at radius 3 is 0.985 bits per heavy atom. The van der Waals surface area contributed by atoms with Crippen molar-refractivity contribution in [2.45, 2.75) is 315 Å². The Balaban J connectivity index is 3.51. The van der Waals surface area contributed by atoms with Crippen molar-refractivity contribution in [3.8, 4) is 0 Å². The van der Waals surface area contributed by atoms with Crippen LogP contribution in [0.15, 0.2) is 72.9 Å². The molecule has 0 aliphatic heterocycles. The molecule has 0 fully saturated rings. The summed E-state index contributed by atoms with van der Waals surface area (Å²) in [5.41, 5.74) is 0. The molecule has 390 valence electrons. The van der Waals surface area contributed by atoms with Crippen molar-refractivity contribution in [1.82, 2.24) is 5.32 Å². The molecule has 0 saturated carbocycles. The highest BCUT2D eigenvalue weighted by Crippen LogP contribution is 2.17. The van der Waals surface area contributed by atoms with Crippen LogP contribution in [0.3, 0.4) is 0 Å². The van der Waals surface area contributed by atoms with Crippen LogP contribution in [-0.2, 0) is 4.79 Å². The Hall–Kier alpha value is -2.17. The van der Waals surface area contributed by atoms with E-state index in [4.69, 9.17) is 0 Å². The lowest BCUT2D eigenvalue weighted by Gasteiger charge is -2.20. The SMILES string of the molecule is CC/C=C\C/C=C\C/C=C\C/C=C\C/C=C\CCCCCCCCCCCCCC(=O)NC(CO)C(O)/C=C/CCCCCCCCCCCCCCCCCCCCCCCCCCCC. The number of unbranched alkanes of at least 4 members (excludes halogenated alkanes) is 37. The summed E-state index contributed by atoms with van der Waals surface area (Å²) in [4.78, 5) is 12.5. The number of carbonyl (C=O) groups is 1. The number of nitrogens with one attached hydrogen (secondary N) is 1. The third-order valence-electron chi connectivity index (χ3n) is 13.4. The fraction of sp³-hybridized carbons (Fsp3) is 0.794. The van der Waals surface area contributed by atoms with Crippen molar-refractivity contribution < 1.29 is 15.0 Å². The van der Waals surface area contributed by atoms with Crippen LogP contribution in [0.1, 0.15) is 303 Å². The molecule has 4 heteroatoms. The summed E-state index contributed by atoms with van der Waals surface area (Å²) < 4.78 is 0. The Morgan fingerprint density at radius 2 is 0.657 bits per heavy atom. The molecule has 0 saturated heterocycles. The number of hydrogen-bond donors (Lipinski definition) is 3. The number of aliphatic hydroxyl groups excluding tert-OH is 2. The highest BCUT2D eigenvalue weighted by Gasteiger charge is 2.18. The molecular formula is C63H115NO3. The largest absolute Gasteiger partial charge is 0.394 e. The summed E-state index contributed by atoms with van der Waals surface area (Å²) in [6, 6.07) is -0.629. The zero-order valence-electron chi connectivity index (χ0n) is 44.9. The molecule has 0 bridgehead atoms. The molecule has 1 amide bonds. The smallest absolute Gasteiger partial charge is 0.220 e. The molecule has 67 heavy (non-hydrogen) atoms.